The summed E-state index contributed by atoms with van der Waals surface area (Å²) in [6.07, 6.45) is 4.19. The molecule has 0 saturated heterocycles. The molecule has 0 bridgehead atoms. The first kappa shape index (κ1) is 20.5. The second-order valence-electron chi connectivity index (χ2n) is 7.21. The summed E-state index contributed by atoms with van der Waals surface area (Å²) < 4.78 is 15.3. The van der Waals surface area contributed by atoms with Crippen molar-refractivity contribution in [2.24, 2.45) is 0 Å². The van der Waals surface area contributed by atoms with E-state index in [4.69, 9.17) is 5.10 Å². The number of aromatic nitrogens is 3. The third-order valence-electron chi connectivity index (χ3n) is 4.99. The van der Waals surface area contributed by atoms with Gasteiger partial charge in [-0.25, -0.2) is 4.39 Å². The van der Waals surface area contributed by atoms with Gasteiger partial charge in [-0.15, -0.1) is 0 Å². The molecule has 0 atom stereocenters. The monoisotopic (exact) mass is 414 g/mol. The molecule has 31 heavy (non-hydrogen) atoms. The van der Waals surface area contributed by atoms with E-state index in [1.54, 1.807) is 29.2 Å². The van der Waals surface area contributed by atoms with Gasteiger partial charge in [0.25, 0.3) is 5.91 Å². The van der Waals surface area contributed by atoms with Gasteiger partial charge in [0.15, 0.2) is 0 Å². The fourth-order valence-corrected chi connectivity index (χ4v) is 3.53. The normalized spacial score (nSPS) is 10.8. The van der Waals surface area contributed by atoms with Crippen LogP contribution in [0.4, 0.5) is 4.39 Å². The van der Waals surface area contributed by atoms with Crippen LogP contribution in [0.1, 0.15) is 29.4 Å². The van der Waals surface area contributed by atoms with Crippen LogP contribution in [0.5, 0.6) is 0 Å². The largest absolute Gasteiger partial charge is 0.347 e. The second-order valence-corrected chi connectivity index (χ2v) is 7.21. The fraction of sp³-hybridized carbons (Fsp3) is 0.160. The van der Waals surface area contributed by atoms with Gasteiger partial charge < -0.3 is 5.32 Å². The van der Waals surface area contributed by atoms with Crippen molar-refractivity contribution in [3.8, 4) is 22.4 Å². The molecular weight excluding hydrogens is 391 g/mol. The summed E-state index contributed by atoms with van der Waals surface area (Å²) in [7, 11) is 0. The van der Waals surface area contributed by atoms with Crippen LogP contribution in [0.25, 0.3) is 22.4 Å². The number of carbonyl (C=O) groups excluding carboxylic acids is 1. The Hall–Kier alpha value is -3.80. The van der Waals surface area contributed by atoms with Gasteiger partial charge in [-0.2, -0.15) is 5.10 Å². The van der Waals surface area contributed by atoms with Crippen LogP contribution < -0.4 is 5.32 Å². The molecule has 0 aliphatic heterocycles. The zero-order valence-corrected chi connectivity index (χ0v) is 17.3. The van der Waals surface area contributed by atoms with Crippen molar-refractivity contribution in [2.45, 2.75) is 26.4 Å². The van der Waals surface area contributed by atoms with Crippen LogP contribution in [0, 0.1) is 5.82 Å². The number of halogens is 1. The summed E-state index contributed by atoms with van der Waals surface area (Å²) in [6.45, 7) is 3.04. The Kier molecular flexibility index (Phi) is 6.17. The Morgan fingerprint density at radius 1 is 0.968 bits per heavy atom. The maximum atomic E-state index is 13.5. The summed E-state index contributed by atoms with van der Waals surface area (Å²) >= 11 is 0. The Morgan fingerprint density at radius 3 is 2.35 bits per heavy atom. The van der Waals surface area contributed by atoms with Crippen LogP contribution in [-0.4, -0.2) is 20.7 Å². The lowest BCUT2D eigenvalue weighted by atomic mass is 9.99. The predicted molar refractivity (Wildman–Crippen MR) is 119 cm³/mol. The molecule has 1 N–H and O–H groups in total. The molecule has 0 radical (unpaired) electrons. The topological polar surface area (TPSA) is 59.8 Å². The summed E-state index contributed by atoms with van der Waals surface area (Å²) in [5.41, 5.74) is 4.45. The highest BCUT2D eigenvalue weighted by atomic mass is 19.1. The summed E-state index contributed by atoms with van der Waals surface area (Å²) in [4.78, 5) is 17.5. The van der Waals surface area contributed by atoms with E-state index in [9.17, 15) is 9.18 Å². The molecule has 4 rings (SSSR count). The van der Waals surface area contributed by atoms with E-state index in [1.807, 2.05) is 49.4 Å². The maximum Gasteiger partial charge on any atom is 0.270 e. The third kappa shape index (κ3) is 4.53. The van der Waals surface area contributed by atoms with E-state index in [0.29, 0.717) is 30.0 Å². The molecule has 0 saturated carbocycles. The van der Waals surface area contributed by atoms with Crippen LogP contribution in [0.15, 0.2) is 79.1 Å². The van der Waals surface area contributed by atoms with Gasteiger partial charge in [0.05, 0.1) is 0 Å². The van der Waals surface area contributed by atoms with Gasteiger partial charge in [0, 0.05) is 36.6 Å². The molecule has 156 valence electrons. The van der Waals surface area contributed by atoms with Gasteiger partial charge in [-0.1, -0.05) is 37.3 Å². The van der Waals surface area contributed by atoms with Crippen LogP contribution in [0.2, 0.25) is 0 Å². The molecule has 0 unspecified atom stereocenters. The minimum absolute atomic E-state index is 0.204. The highest BCUT2D eigenvalue weighted by Crippen LogP contribution is 2.34. The third-order valence-corrected chi connectivity index (χ3v) is 4.99. The summed E-state index contributed by atoms with van der Waals surface area (Å²) in [6, 6.07) is 19.7. The van der Waals surface area contributed by atoms with Gasteiger partial charge in [-0.3, -0.25) is 14.5 Å². The van der Waals surface area contributed by atoms with E-state index in [1.165, 1.54) is 12.1 Å². The fourth-order valence-electron chi connectivity index (χ4n) is 3.53. The van der Waals surface area contributed by atoms with E-state index < -0.39 is 0 Å². The first-order valence-corrected chi connectivity index (χ1v) is 10.3. The standard InChI is InChI=1S/C25H23FN4O/c1-2-16-30-24(25(31)28-17-18-6-4-3-5-7-18)22(19-12-14-27-15-13-19)23(29-30)20-8-10-21(26)11-9-20/h3-15H,2,16-17H2,1H3,(H,28,31). The Bertz CT molecular complexity index is 1160. The lowest BCUT2D eigenvalue weighted by Crippen LogP contribution is -2.26. The van der Waals surface area contributed by atoms with Gasteiger partial charge >= 0.3 is 0 Å². The number of benzene rings is 2. The lowest BCUT2D eigenvalue weighted by molar-refractivity contribution is 0.0940. The Morgan fingerprint density at radius 2 is 1.68 bits per heavy atom. The maximum absolute atomic E-state index is 13.5. The van der Waals surface area contributed by atoms with Gasteiger partial charge in [-0.05, 0) is 53.9 Å². The smallest absolute Gasteiger partial charge is 0.270 e. The predicted octanol–water partition coefficient (Wildman–Crippen LogP) is 5.09. The molecule has 0 spiro atoms. The Balaban J connectivity index is 1.81. The van der Waals surface area contributed by atoms with E-state index in [-0.39, 0.29) is 11.7 Å². The molecule has 0 aliphatic rings. The number of hydrogen-bond acceptors (Lipinski definition) is 3. The summed E-state index contributed by atoms with van der Waals surface area (Å²) in [5, 5.41) is 7.79. The molecule has 2 heterocycles. The second kappa shape index (κ2) is 9.34. The highest BCUT2D eigenvalue weighted by Gasteiger charge is 2.25. The van der Waals surface area contributed by atoms with E-state index >= 15 is 0 Å². The Labute approximate surface area is 180 Å². The molecule has 4 aromatic rings. The first-order chi connectivity index (χ1) is 15.2. The van der Waals surface area contributed by atoms with Gasteiger partial charge in [0.1, 0.15) is 17.2 Å². The number of pyridine rings is 1. The zero-order valence-electron chi connectivity index (χ0n) is 17.3. The SMILES string of the molecule is CCCn1nc(-c2ccc(F)cc2)c(-c2ccncc2)c1C(=O)NCc1ccccc1. The van der Waals surface area contributed by atoms with Crippen molar-refractivity contribution in [3.05, 3.63) is 96.2 Å². The number of nitrogens with zero attached hydrogens (tertiary/aromatic N) is 3. The average molecular weight is 414 g/mol. The number of carbonyl (C=O) groups is 1. The van der Waals surface area contributed by atoms with Crippen molar-refractivity contribution in [1.29, 1.82) is 0 Å². The van der Waals surface area contributed by atoms with Crippen LogP contribution in [0.3, 0.4) is 0 Å². The zero-order chi connectivity index (χ0) is 21.6. The van der Waals surface area contributed by atoms with E-state index in [2.05, 4.69) is 10.3 Å². The number of nitrogens with one attached hydrogen (secondary N) is 1. The lowest BCUT2D eigenvalue weighted by Gasteiger charge is -2.10. The first-order valence-electron chi connectivity index (χ1n) is 10.3. The molecule has 0 aliphatic carbocycles. The molecule has 2 aromatic carbocycles. The van der Waals surface area contributed by atoms with Crippen molar-refractivity contribution < 1.29 is 9.18 Å². The van der Waals surface area contributed by atoms with Crippen molar-refractivity contribution in [1.82, 2.24) is 20.1 Å². The van der Waals surface area contributed by atoms with E-state index in [0.717, 1.165) is 23.1 Å². The highest BCUT2D eigenvalue weighted by molar-refractivity contribution is 6.03. The van der Waals surface area contributed by atoms with Crippen LogP contribution >= 0.6 is 0 Å². The molecule has 0 fully saturated rings. The number of rotatable bonds is 7. The molecule has 5 nitrogen and oxygen atoms in total. The van der Waals surface area contributed by atoms with Crippen molar-refractivity contribution in [2.75, 3.05) is 0 Å². The number of amides is 1. The van der Waals surface area contributed by atoms with Crippen molar-refractivity contribution >= 4 is 5.91 Å². The molecular formula is C25H23FN4O. The molecule has 6 heteroatoms. The molecule has 1 amide bonds. The van der Waals surface area contributed by atoms with Gasteiger partial charge in [0.2, 0.25) is 0 Å². The van der Waals surface area contributed by atoms with Crippen molar-refractivity contribution in [3.63, 3.8) is 0 Å². The quantitative estimate of drug-likeness (QED) is 0.458. The number of aryl methyl sites for hydroxylation is 1. The number of hydrogen-bond donors (Lipinski definition) is 1. The molecule has 2 aromatic heterocycles. The minimum Gasteiger partial charge on any atom is -0.347 e. The minimum atomic E-state index is -0.317. The van der Waals surface area contributed by atoms with Crippen LogP contribution in [-0.2, 0) is 13.1 Å². The summed E-state index contributed by atoms with van der Waals surface area (Å²) in [5.74, 6) is -0.520. The average Bonchev–Trinajstić information content (AvgIpc) is 3.19.